The van der Waals surface area contributed by atoms with Crippen LogP contribution in [0.15, 0.2) is 122 Å². The van der Waals surface area contributed by atoms with Gasteiger partial charge in [-0.2, -0.15) is 0 Å². The number of nitrogens with one attached hydrogen (secondary N) is 1. The van der Waals surface area contributed by atoms with E-state index in [1.54, 1.807) is 6.08 Å². The van der Waals surface area contributed by atoms with Crippen LogP contribution in [0, 0.1) is 0 Å². The molecule has 0 saturated carbocycles. The molecule has 17 atom stereocenters. The summed E-state index contributed by atoms with van der Waals surface area (Å²) in [6.45, 7) is 1.62. The van der Waals surface area contributed by atoms with Gasteiger partial charge in [0.25, 0.3) is 0 Å². The number of carbonyl (C=O) groups excluding carboxylic acids is 1. The van der Waals surface area contributed by atoms with Crippen LogP contribution in [0.4, 0.5) is 0 Å². The Labute approximate surface area is 665 Å². The third-order valence-electron chi connectivity index (χ3n) is 21.0. The first kappa shape index (κ1) is 100. The quantitative estimate of drug-likeness (QED) is 0.0199. The van der Waals surface area contributed by atoms with E-state index in [0.29, 0.717) is 12.8 Å². The number of allylic oxidation sites excluding steroid dienone is 19. The minimum atomic E-state index is -1.99. The molecule has 19 nitrogen and oxygen atoms in total. The average molecular weight is 1550 g/mol. The van der Waals surface area contributed by atoms with Crippen molar-refractivity contribution in [2.45, 2.75) is 420 Å². The SMILES string of the molecule is CC/C=C\C/C=C\C/C=C\C/C=C\C/C=C\C/C=C\C/C=C\CCCCCCCCCCCCCCCC(=O)NC(COC1OC(CO)C(OC2OC(CO)C(OC3OC(CO)C(O)C(O)C3O)C(O)C2O)C(O)C1O)C(O)/C=C/CC/C=C/CC/C=C/CCCCCCCCCCCCCCCCCCCCCC. The first-order valence-corrected chi connectivity index (χ1v) is 43.8. The van der Waals surface area contributed by atoms with E-state index in [4.69, 9.17) is 28.4 Å². The molecule has 3 aliphatic heterocycles. The minimum Gasteiger partial charge on any atom is -0.394 e. The molecule has 17 unspecified atom stereocenters. The second-order valence-electron chi connectivity index (χ2n) is 30.6. The summed E-state index contributed by atoms with van der Waals surface area (Å²) in [7, 11) is 0. The Morgan fingerprint density at radius 2 is 0.636 bits per heavy atom. The maximum atomic E-state index is 13.5. The highest BCUT2D eigenvalue weighted by molar-refractivity contribution is 5.76. The number of hydrogen-bond donors (Lipinski definition) is 12. The first-order chi connectivity index (χ1) is 53.8. The van der Waals surface area contributed by atoms with Gasteiger partial charge < -0.3 is 89.9 Å². The molecule has 0 aliphatic carbocycles. The second kappa shape index (κ2) is 69.5. The van der Waals surface area contributed by atoms with E-state index in [0.717, 1.165) is 103 Å². The molecule has 110 heavy (non-hydrogen) atoms. The summed E-state index contributed by atoms with van der Waals surface area (Å²) in [5, 5.41) is 121. The summed E-state index contributed by atoms with van der Waals surface area (Å²) in [4.78, 5) is 13.5. The molecule has 3 rings (SSSR count). The van der Waals surface area contributed by atoms with E-state index in [2.05, 4.69) is 129 Å². The topological polar surface area (TPSA) is 307 Å². The van der Waals surface area contributed by atoms with E-state index >= 15 is 0 Å². The molecule has 634 valence electrons. The van der Waals surface area contributed by atoms with Gasteiger partial charge in [-0.3, -0.25) is 4.79 Å². The average Bonchev–Trinajstić information content (AvgIpc) is 0.795. The molecule has 19 heteroatoms. The van der Waals surface area contributed by atoms with Crippen molar-refractivity contribution >= 4 is 5.91 Å². The lowest BCUT2D eigenvalue weighted by Gasteiger charge is -2.48. The van der Waals surface area contributed by atoms with Crippen LogP contribution < -0.4 is 5.32 Å². The molecular formula is C91H157NO18. The fourth-order valence-corrected chi connectivity index (χ4v) is 14.0. The zero-order valence-corrected chi connectivity index (χ0v) is 68.2. The zero-order chi connectivity index (χ0) is 79.5. The number of hydrogen-bond acceptors (Lipinski definition) is 18. The van der Waals surface area contributed by atoms with Crippen molar-refractivity contribution in [3.05, 3.63) is 122 Å². The molecule has 0 aromatic carbocycles. The summed E-state index contributed by atoms with van der Waals surface area (Å²) >= 11 is 0. The Morgan fingerprint density at radius 3 is 1.02 bits per heavy atom. The van der Waals surface area contributed by atoms with Crippen LogP contribution in [0.25, 0.3) is 0 Å². The smallest absolute Gasteiger partial charge is 0.220 e. The van der Waals surface area contributed by atoms with Crippen LogP contribution in [0.1, 0.15) is 316 Å². The number of carbonyl (C=O) groups is 1. The van der Waals surface area contributed by atoms with Gasteiger partial charge in [0, 0.05) is 6.42 Å². The fourth-order valence-electron chi connectivity index (χ4n) is 14.0. The molecule has 3 aliphatic rings. The Bertz CT molecular complexity index is 2460. The third kappa shape index (κ3) is 47.9. The molecule has 0 aromatic heterocycles. The minimum absolute atomic E-state index is 0.224. The van der Waals surface area contributed by atoms with Crippen molar-refractivity contribution in [3.8, 4) is 0 Å². The van der Waals surface area contributed by atoms with Crippen molar-refractivity contribution in [3.63, 3.8) is 0 Å². The Kier molecular flexibility index (Phi) is 63.4. The molecule has 0 bridgehead atoms. The molecular weight excluding hydrogens is 1390 g/mol. The number of ether oxygens (including phenoxy) is 6. The Balaban J connectivity index is 1.36. The molecule has 0 aromatic rings. The van der Waals surface area contributed by atoms with E-state index in [1.165, 1.54) is 180 Å². The van der Waals surface area contributed by atoms with E-state index in [1.807, 2.05) is 6.08 Å². The van der Waals surface area contributed by atoms with Crippen molar-refractivity contribution in [1.82, 2.24) is 5.32 Å². The summed E-state index contributed by atoms with van der Waals surface area (Å²) < 4.78 is 34.5. The van der Waals surface area contributed by atoms with E-state index in [-0.39, 0.29) is 18.9 Å². The van der Waals surface area contributed by atoms with Crippen LogP contribution in [-0.2, 0) is 33.2 Å². The van der Waals surface area contributed by atoms with Gasteiger partial charge in [0.1, 0.15) is 73.2 Å². The summed E-state index contributed by atoms with van der Waals surface area (Å²) in [6, 6.07) is -1.01. The van der Waals surface area contributed by atoms with Gasteiger partial charge in [0.2, 0.25) is 5.91 Å². The van der Waals surface area contributed by atoms with Gasteiger partial charge in [-0.15, -0.1) is 0 Å². The Hall–Kier alpha value is -3.81. The summed E-state index contributed by atoms with van der Waals surface area (Å²) in [6.07, 6.45) is 71.9. The van der Waals surface area contributed by atoms with Crippen LogP contribution >= 0.6 is 0 Å². The highest BCUT2D eigenvalue weighted by atomic mass is 16.8. The maximum absolute atomic E-state index is 13.5. The lowest BCUT2D eigenvalue weighted by atomic mass is 9.96. The predicted octanol–water partition coefficient (Wildman–Crippen LogP) is 16.2. The lowest BCUT2D eigenvalue weighted by molar-refractivity contribution is -0.379. The summed E-state index contributed by atoms with van der Waals surface area (Å²) in [5.41, 5.74) is 0. The van der Waals surface area contributed by atoms with Crippen molar-refractivity contribution in [1.29, 1.82) is 0 Å². The van der Waals surface area contributed by atoms with Crippen molar-refractivity contribution in [2.24, 2.45) is 0 Å². The standard InChI is InChI=1S/C91H157NO18/c1-3-5-7-9-11-13-15-17-19-21-23-25-27-29-31-33-35-36-37-38-39-41-43-45-47-49-51-53-55-57-59-61-63-65-67-69-79(97)92-74(75(96)68-66-64-62-60-58-56-54-52-50-48-46-44-42-40-34-32-30-28-26-24-22-20-18-16-14-12-10-8-6-4-2)73-105-89-85(103)82(100)87(77(71-94)107-89)110-91-86(104)83(101)88(78(72-95)108-91)109-90-84(102)81(99)80(98)76(70-93)106-90/h5,7,11,13,17,19,23,25,29,31,35-36,38-39,50,52,58,60,66,68,74-78,80-91,93-96,98-104H,3-4,6,8-10,12,14-16,18,20-22,24,26-28,30,32-34,37,40-49,51,53-57,59,61-65,67,69-73H2,1-2H3,(H,92,97)/b7-5-,13-11-,19-17-,25-23-,31-29-,36-35-,39-38-,52-50+,60-58+,68-66+. The number of aliphatic hydroxyl groups excluding tert-OH is 11. The number of aliphatic hydroxyl groups is 11. The monoisotopic (exact) mass is 1550 g/mol. The van der Waals surface area contributed by atoms with Crippen molar-refractivity contribution < 1.29 is 89.4 Å². The molecule has 12 N–H and O–H groups in total. The lowest BCUT2D eigenvalue weighted by Crippen LogP contribution is -2.66. The largest absolute Gasteiger partial charge is 0.394 e. The zero-order valence-electron chi connectivity index (χ0n) is 68.2. The molecule has 3 saturated heterocycles. The third-order valence-corrected chi connectivity index (χ3v) is 21.0. The molecule has 3 fully saturated rings. The van der Waals surface area contributed by atoms with Crippen LogP contribution in [-0.4, -0.2) is 193 Å². The van der Waals surface area contributed by atoms with Gasteiger partial charge >= 0.3 is 0 Å². The van der Waals surface area contributed by atoms with Crippen LogP contribution in [0.3, 0.4) is 0 Å². The fraction of sp³-hybridized carbons (Fsp3) is 0.769. The maximum Gasteiger partial charge on any atom is 0.220 e. The highest BCUT2D eigenvalue weighted by Gasteiger charge is 2.54. The van der Waals surface area contributed by atoms with Crippen LogP contribution in [0.2, 0.25) is 0 Å². The first-order valence-electron chi connectivity index (χ1n) is 43.8. The van der Waals surface area contributed by atoms with E-state index in [9.17, 15) is 61.0 Å². The van der Waals surface area contributed by atoms with Gasteiger partial charge in [-0.25, -0.2) is 0 Å². The highest BCUT2D eigenvalue weighted by Crippen LogP contribution is 2.33. The normalized spacial score (nSPS) is 25.8. The van der Waals surface area contributed by atoms with Gasteiger partial charge in [-0.05, 0) is 103 Å². The van der Waals surface area contributed by atoms with Gasteiger partial charge in [0.05, 0.1) is 38.6 Å². The summed E-state index contributed by atoms with van der Waals surface area (Å²) in [5.74, 6) is -0.292. The molecule has 1 amide bonds. The van der Waals surface area contributed by atoms with E-state index < -0.39 is 124 Å². The second-order valence-corrected chi connectivity index (χ2v) is 30.6. The number of unbranched alkanes of at least 4 members (excludes halogenated alkanes) is 35. The van der Waals surface area contributed by atoms with Gasteiger partial charge in [0.15, 0.2) is 18.9 Å². The predicted molar refractivity (Wildman–Crippen MR) is 443 cm³/mol. The molecule has 0 spiro atoms. The van der Waals surface area contributed by atoms with Gasteiger partial charge in [-0.1, -0.05) is 328 Å². The number of amides is 1. The molecule has 3 heterocycles. The van der Waals surface area contributed by atoms with Crippen LogP contribution in [0.5, 0.6) is 0 Å². The Morgan fingerprint density at radius 1 is 0.336 bits per heavy atom. The van der Waals surface area contributed by atoms with Crippen molar-refractivity contribution in [2.75, 3.05) is 26.4 Å². The molecule has 0 radical (unpaired) electrons. The number of rotatable bonds is 69.